The summed E-state index contributed by atoms with van der Waals surface area (Å²) in [6.45, 7) is 0.478. The standard InChI is InChI=1S/C19H22N2O5S2/c1-27(23,24)17-7-9-18(10-8-17)28(25,26)21-13-11-15(12-14-21)19(22)20-16-5-3-2-4-6-16/h2-10,15H,11-14H2,1H3,(H,20,22). The molecule has 7 nitrogen and oxygen atoms in total. The smallest absolute Gasteiger partial charge is 0.243 e. The number of benzene rings is 2. The summed E-state index contributed by atoms with van der Waals surface area (Å²) in [5, 5.41) is 2.85. The third-order valence-corrected chi connectivity index (χ3v) is 7.80. The second-order valence-corrected chi connectivity index (χ2v) is 10.7. The van der Waals surface area contributed by atoms with Crippen LogP contribution in [0, 0.1) is 5.92 Å². The molecule has 150 valence electrons. The van der Waals surface area contributed by atoms with E-state index in [1.54, 1.807) is 12.1 Å². The maximum absolute atomic E-state index is 12.8. The Morgan fingerprint density at radius 2 is 1.43 bits per heavy atom. The van der Waals surface area contributed by atoms with Crippen molar-refractivity contribution in [3.8, 4) is 0 Å². The molecule has 1 amide bonds. The van der Waals surface area contributed by atoms with Gasteiger partial charge in [0.25, 0.3) is 0 Å². The maximum atomic E-state index is 12.8. The number of piperidine rings is 1. The van der Waals surface area contributed by atoms with Crippen molar-refractivity contribution in [2.75, 3.05) is 24.7 Å². The van der Waals surface area contributed by atoms with Crippen LogP contribution < -0.4 is 5.32 Å². The Labute approximate surface area is 165 Å². The predicted octanol–water partition coefficient (Wildman–Crippen LogP) is 2.13. The summed E-state index contributed by atoms with van der Waals surface area (Å²) < 4.78 is 50.0. The van der Waals surface area contributed by atoms with Gasteiger partial charge in [-0.25, -0.2) is 16.8 Å². The number of carbonyl (C=O) groups is 1. The molecule has 1 heterocycles. The number of anilines is 1. The van der Waals surface area contributed by atoms with Crippen LogP contribution in [0.25, 0.3) is 0 Å². The molecule has 1 aliphatic heterocycles. The molecule has 0 spiro atoms. The van der Waals surface area contributed by atoms with E-state index in [4.69, 9.17) is 0 Å². The second-order valence-electron chi connectivity index (χ2n) is 6.78. The molecular weight excluding hydrogens is 400 g/mol. The van der Waals surface area contributed by atoms with Gasteiger partial charge in [-0.2, -0.15) is 4.31 Å². The Balaban J connectivity index is 1.64. The Morgan fingerprint density at radius 1 is 0.893 bits per heavy atom. The topological polar surface area (TPSA) is 101 Å². The lowest BCUT2D eigenvalue weighted by Gasteiger charge is -2.30. The van der Waals surface area contributed by atoms with E-state index in [9.17, 15) is 21.6 Å². The molecule has 0 aromatic heterocycles. The highest BCUT2D eigenvalue weighted by Crippen LogP contribution is 2.25. The van der Waals surface area contributed by atoms with Crippen molar-refractivity contribution >= 4 is 31.5 Å². The van der Waals surface area contributed by atoms with Crippen molar-refractivity contribution in [3.63, 3.8) is 0 Å². The van der Waals surface area contributed by atoms with Crippen molar-refractivity contribution in [1.29, 1.82) is 0 Å². The molecule has 9 heteroatoms. The summed E-state index contributed by atoms with van der Waals surface area (Å²) in [5.74, 6) is -0.361. The normalized spacial score (nSPS) is 16.6. The molecule has 1 fully saturated rings. The van der Waals surface area contributed by atoms with E-state index in [1.807, 2.05) is 18.2 Å². The maximum Gasteiger partial charge on any atom is 0.243 e. The zero-order chi connectivity index (χ0) is 20.4. The third kappa shape index (κ3) is 4.60. The molecule has 1 saturated heterocycles. The van der Waals surface area contributed by atoms with Crippen LogP contribution in [0.3, 0.4) is 0 Å². The average Bonchev–Trinajstić information content (AvgIpc) is 2.68. The number of para-hydroxylation sites is 1. The van der Waals surface area contributed by atoms with E-state index in [1.165, 1.54) is 28.6 Å². The van der Waals surface area contributed by atoms with Gasteiger partial charge in [0, 0.05) is 31.0 Å². The van der Waals surface area contributed by atoms with Crippen LogP contribution in [0.5, 0.6) is 0 Å². The summed E-state index contributed by atoms with van der Waals surface area (Å²) >= 11 is 0. The highest BCUT2D eigenvalue weighted by Gasteiger charge is 2.32. The molecule has 0 aliphatic carbocycles. The van der Waals surface area contributed by atoms with Crippen molar-refractivity contribution in [2.45, 2.75) is 22.6 Å². The van der Waals surface area contributed by atoms with Gasteiger partial charge in [-0.05, 0) is 49.2 Å². The minimum atomic E-state index is -3.73. The first-order valence-corrected chi connectivity index (χ1v) is 12.2. The van der Waals surface area contributed by atoms with Gasteiger partial charge in [0.1, 0.15) is 0 Å². The Morgan fingerprint density at radius 3 is 1.96 bits per heavy atom. The van der Waals surface area contributed by atoms with E-state index in [2.05, 4.69) is 5.32 Å². The van der Waals surface area contributed by atoms with Crippen LogP contribution in [-0.4, -0.2) is 46.4 Å². The van der Waals surface area contributed by atoms with E-state index in [0.717, 1.165) is 6.26 Å². The number of sulfone groups is 1. The number of rotatable bonds is 5. The number of hydrogen-bond acceptors (Lipinski definition) is 5. The Kier molecular flexibility index (Phi) is 5.87. The SMILES string of the molecule is CS(=O)(=O)c1ccc(S(=O)(=O)N2CCC(C(=O)Nc3ccccc3)CC2)cc1. The Bertz CT molecular complexity index is 1040. The van der Waals surface area contributed by atoms with Crippen molar-refractivity contribution < 1.29 is 21.6 Å². The third-order valence-electron chi connectivity index (χ3n) is 4.76. The second kappa shape index (κ2) is 8.02. The molecule has 0 atom stereocenters. The fourth-order valence-electron chi connectivity index (χ4n) is 3.13. The quantitative estimate of drug-likeness (QED) is 0.796. The van der Waals surface area contributed by atoms with Crippen LogP contribution in [-0.2, 0) is 24.7 Å². The lowest BCUT2D eigenvalue weighted by Crippen LogP contribution is -2.41. The van der Waals surface area contributed by atoms with Crippen LogP contribution in [0.15, 0.2) is 64.4 Å². The van der Waals surface area contributed by atoms with Gasteiger partial charge in [0.15, 0.2) is 9.84 Å². The highest BCUT2D eigenvalue weighted by molar-refractivity contribution is 7.90. The first-order chi connectivity index (χ1) is 13.2. The Hall–Kier alpha value is -2.23. The minimum absolute atomic E-state index is 0.0482. The number of sulfonamides is 1. The molecule has 2 aromatic rings. The van der Waals surface area contributed by atoms with Gasteiger partial charge in [-0.3, -0.25) is 4.79 Å². The number of nitrogens with one attached hydrogen (secondary N) is 1. The number of hydrogen-bond donors (Lipinski definition) is 1. The van der Waals surface area contributed by atoms with Crippen molar-refractivity contribution in [3.05, 3.63) is 54.6 Å². The average molecular weight is 423 g/mol. The van der Waals surface area contributed by atoms with Gasteiger partial charge >= 0.3 is 0 Å². The van der Waals surface area contributed by atoms with Crippen LogP contribution in [0.4, 0.5) is 5.69 Å². The molecule has 0 saturated carbocycles. The molecule has 0 bridgehead atoms. The zero-order valence-corrected chi connectivity index (χ0v) is 17.0. The zero-order valence-electron chi connectivity index (χ0n) is 15.4. The lowest BCUT2D eigenvalue weighted by molar-refractivity contribution is -0.120. The summed E-state index contributed by atoms with van der Waals surface area (Å²) in [5.41, 5.74) is 0.716. The van der Waals surface area contributed by atoms with Gasteiger partial charge < -0.3 is 5.32 Å². The summed E-state index contributed by atoms with van der Waals surface area (Å²) in [4.78, 5) is 12.5. The molecular formula is C19H22N2O5S2. The van der Waals surface area contributed by atoms with E-state index < -0.39 is 19.9 Å². The molecule has 2 aromatic carbocycles. The van der Waals surface area contributed by atoms with Gasteiger partial charge in [0.2, 0.25) is 15.9 Å². The molecule has 1 N–H and O–H groups in total. The van der Waals surface area contributed by atoms with E-state index in [0.29, 0.717) is 18.5 Å². The fraction of sp³-hybridized carbons (Fsp3) is 0.316. The monoisotopic (exact) mass is 422 g/mol. The van der Waals surface area contributed by atoms with Gasteiger partial charge in [0.05, 0.1) is 9.79 Å². The van der Waals surface area contributed by atoms with Gasteiger partial charge in [-0.1, -0.05) is 18.2 Å². The molecule has 28 heavy (non-hydrogen) atoms. The minimum Gasteiger partial charge on any atom is -0.326 e. The van der Waals surface area contributed by atoms with Crippen molar-refractivity contribution in [1.82, 2.24) is 4.31 Å². The molecule has 3 rings (SSSR count). The predicted molar refractivity (Wildman–Crippen MR) is 106 cm³/mol. The summed E-state index contributed by atoms with van der Waals surface area (Å²) in [6, 6.07) is 14.3. The van der Waals surface area contributed by atoms with E-state index >= 15 is 0 Å². The number of nitrogens with zero attached hydrogens (tertiary/aromatic N) is 1. The fourth-order valence-corrected chi connectivity index (χ4v) is 5.23. The first-order valence-electron chi connectivity index (χ1n) is 8.84. The molecule has 1 aliphatic rings. The van der Waals surface area contributed by atoms with Crippen LogP contribution in [0.2, 0.25) is 0 Å². The van der Waals surface area contributed by atoms with Crippen molar-refractivity contribution in [2.24, 2.45) is 5.92 Å². The molecule has 0 radical (unpaired) electrons. The number of carbonyl (C=O) groups excluding carboxylic acids is 1. The lowest BCUT2D eigenvalue weighted by atomic mass is 9.97. The first kappa shape index (κ1) is 20.5. The largest absolute Gasteiger partial charge is 0.326 e. The van der Waals surface area contributed by atoms with Crippen LogP contribution in [0.1, 0.15) is 12.8 Å². The van der Waals surface area contributed by atoms with Gasteiger partial charge in [-0.15, -0.1) is 0 Å². The summed E-state index contributed by atoms with van der Waals surface area (Å²) in [7, 11) is -7.11. The molecule has 0 unspecified atom stereocenters. The highest BCUT2D eigenvalue weighted by atomic mass is 32.2. The van der Waals surface area contributed by atoms with Crippen LogP contribution >= 0.6 is 0 Å². The van der Waals surface area contributed by atoms with E-state index in [-0.39, 0.29) is 34.7 Å². The number of amides is 1. The summed E-state index contributed by atoms with van der Waals surface area (Å²) in [6.07, 6.45) is 1.93.